The zero-order valence-electron chi connectivity index (χ0n) is 21.8. The highest BCUT2D eigenvalue weighted by atomic mass is 16.6. The molecule has 1 N–H and O–H groups in total. The van der Waals surface area contributed by atoms with Crippen LogP contribution in [0.3, 0.4) is 0 Å². The lowest BCUT2D eigenvalue weighted by Gasteiger charge is -2.09. The van der Waals surface area contributed by atoms with Gasteiger partial charge in [0.05, 0.1) is 126 Å². The zero-order valence-corrected chi connectivity index (χ0v) is 21.8. The summed E-state index contributed by atoms with van der Waals surface area (Å²) >= 11 is 0. The molecule has 0 aromatic carbocycles. The highest BCUT2D eigenvalue weighted by Gasteiger charge is 1.95. The highest BCUT2D eigenvalue weighted by Crippen LogP contribution is 1.86. The summed E-state index contributed by atoms with van der Waals surface area (Å²) in [5.74, 6) is 0. The van der Waals surface area contributed by atoms with Gasteiger partial charge in [0.2, 0.25) is 0 Å². The molecule has 11 heteroatoms. The lowest BCUT2D eigenvalue weighted by molar-refractivity contribution is -0.0261. The molecular formula is C24H50NO10. The fourth-order valence-electron chi connectivity index (χ4n) is 2.40. The number of hydrogen-bond acceptors (Lipinski definition) is 11. The molecule has 211 valence electrons. The molecule has 0 aliphatic heterocycles. The van der Waals surface area contributed by atoms with Crippen LogP contribution >= 0.6 is 0 Å². The van der Waals surface area contributed by atoms with Crippen LogP contribution in [-0.4, -0.2) is 145 Å². The number of likely N-dealkylation sites (N-methyl/N-ethyl adjacent to an activating group) is 1. The Hall–Kier alpha value is -0.440. The maximum atomic E-state index is 5.45. The molecule has 0 heterocycles. The van der Waals surface area contributed by atoms with Crippen molar-refractivity contribution in [3.05, 3.63) is 6.92 Å². The summed E-state index contributed by atoms with van der Waals surface area (Å²) in [4.78, 5) is 0. The fraction of sp³-hybridized carbons (Fsp3) is 0.958. The van der Waals surface area contributed by atoms with E-state index in [0.717, 1.165) is 13.1 Å². The van der Waals surface area contributed by atoms with Crippen molar-refractivity contribution in [3.8, 4) is 0 Å². The Morgan fingerprint density at radius 1 is 0.371 bits per heavy atom. The first-order valence-corrected chi connectivity index (χ1v) is 12.7. The molecule has 0 fully saturated rings. The van der Waals surface area contributed by atoms with E-state index in [9.17, 15) is 0 Å². The Kier molecular flexibility index (Phi) is 33.1. The molecule has 0 rings (SSSR count). The second-order valence-electron chi connectivity index (χ2n) is 6.98. The number of rotatable bonds is 32. The van der Waals surface area contributed by atoms with Gasteiger partial charge in [0.15, 0.2) is 0 Å². The minimum absolute atomic E-state index is 0.465. The Balaban J connectivity index is 3.00. The normalized spacial score (nSPS) is 11.5. The smallest absolute Gasteiger partial charge is 0.0701 e. The largest absolute Gasteiger partial charge is 0.379 e. The van der Waals surface area contributed by atoms with Gasteiger partial charge in [0.25, 0.3) is 0 Å². The first-order valence-electron chi connectivity index (χ1n) is 12.7. The molecule has 0 saturated carbocycles. The SMILES string of the molecule is [CH2]COCCOCCOCCOCCOCCOCCOCCOCCOCCOCCNCC. The van der Waals surface area contributed by atoms with Gasteiger partial charge in [0, 0.05) is 13.2 Å². The van der Waals surface area contributed by atoms with Crippen LogP contribution in [0.15, 0.2) is 0 Å². The van der Waals surface area contributed by atoms with E-state index < -0.39 is 0 Å². The van der Waals surface area contributed by atoms with Crippen LogP contribution in [0.25, 0.3) is 0 Å². The summed E-state index contributed by atoms with van der Waals surface area (Å²) in [7, 11) is 0. The van der Waals surface area contributed by atoms with Gasteiger partial charge in [0.1, 0.15) is 0 Å². The minimum Gasteiger partial charge on any atom is -0.379 e. The first kappa shape index (κ1) is 34.6. The van der Waals surface area contributed by atoms with Crippen molar-refractivity contribution >= 4 is 0 Å². The molecule has 0 spiro atoms. The van der Waals surface area contributed by atoms with Gasteiger partial charge in [-0.2, -0.15) is 0 Å². The van der Waals surface area contributed by atoms with E-state index in [0.29, 0.717) is 132 Å². The van der Waals surface area contributed by atoms with E-state index in [1.54, 1.807) is 0 Å². The third kappa shape index (κ3) is 33.6. The summed E-state index contributed by atoms with van der Waals surface area (Å²) in [5.41, 5.74) is 0. The summed E-state index contributed by atoms with van der Waals surface area (Å²) in [6.07, 6.45) is 0. The number of nitrogens with one attached hydrogen (secondary N) is 1. The van der Waals surface area contributed by atoms with Crippen molar-refractivity contribution in [2.24, 2.45) is 0 Å². The van der Waals surface area contributed by atoms with Crippen molar-refractivity contribution in [1.29, 1.82) is 0 Å². The second kappa shape index (κ2) is 33.6. The average molecular weight is 513 g/mol. The Labute approximate surface area is 212 Å². The third-order valence-electron chi connectivity index (χ3n) is 4.17. The minimum atomic E-state index is 0.465. The molecule has 35 heavy (non-hydrogen) atoms. The summed E-state index contributed by atoms with van der Waals surface area (Å²) < 4.78 is 53.8. The van der Waals surface area contributed by atoms with Gasteiger partial charge >= 0.3 is 0 Å². The van der Waals surface area contributed by atoms with E-state index in [2.05, 4.69) is 19.2 Å². The Morgan fingerprint density at radius 3 is 0.829 bits per heavy atom. The lowest BCUT2D eigenvalue weighted by atomic mass is 10.6. The van der Waals surface area contributed by atoms with Crippen molar-refractivity contribution < 1.29 is 47.4 Å². The second-order valence-corrected chi connectivity index (χ2v) is 6.98. The fourth-order valence-corrected chi connectivity index (χ4v) is 2.40. The average Bonchev–Trinajstić information content (AvgIpc) is 2.87. The highest BCUT2D eigenvalue weighted by molar-refractivity contribution is 4.41. The number of hydrogen-bond donors (Lipinski definition) is 1. The molecule has 0 saturated heterocycles. The third-order valence-corrected chi connectivity index (χ3v) is 4.17. The first-order chi connectivity index (χ1) is 17.4. The molecule has 0 aromatic heterocycles. The van der Waals surface area contributed by atoms with Gasteiger partial charge in [-0.25, -0.2) is 0 Å². The van der Waals surface area contributed by atoms with Gasteiger partial charge in [-0.3, -0.25) is 0 Å². The van der Waals surface area contributed by atoms with Gasteiger partial charge < -0.3 is 52.7 Å². The topological polar surface area (TPSA) is 104 Å². The van der Waals surface area contributed by atoms with E-state index in [4.69, 9.17) is 47.4 Å². The van der Waals surface area contributed by atoms with Crippen LogP contribution in [0.4, 0.5) is 0 Å². The van der Waals surface area contributed by atoms with Crippen LogP contribution in [0.5, 0.6) is 0 Å². The Morgan fingerprint density at radius 2 is 0.600 bits per heavy atom. The van der Waals surface area contributed by atoms with E-state index in [1.165, 1.54) is 0 Å². The Bertz CT molecular complexity index is 337. The molecular weight excluding hydrogens is 462 g/mol. The molecule has 0 amide bonds. The monoisotopic (exact) mass is 512 g/mol. The van der Waals surface area contributed by atoms with Crippen LogP contribution in [0.2, 0.25) is 0 Å². The predicted molar refractivity (Wildman–Crippen MR) is 132 cm³/mol. The predicted octanol–water partition coefficient (Wildman–Crippen LogP) is 0.596. The van der Waals surface area contributed by atoms with Crippen LogP contribution in [0.1, 0.15) is 6.92 Å². The van der Waals surface area contributed by atoms with Crippen molar-refractivity contribution in [1.82, 2.24) is 5.32 Å². The molecule has 0 aliphatic carbocycles. The van der Waals surface area contributed by atoms with Crippen molar-refractivity contribution in [2.75, 3.05) is 145 Å². The van der Waals surface area contributed by atoms with E-state index in [1.807, 2.05) is 0 Å². The van der Waals surface area contributed by atoms with Crippen molar-refractivity contribution in [3.63, 3.8) is 0 Å². The molecule has 0 unspecified atom stereocenters. The molecule has 11 nitrogen and oxygen atoms in total. The summed E-state index contributed by atoms with van der Waals surface area (Å²) in [6.45, 7) is 18.5. The van der Waals surface area contributed by atoms with E-state index >= 15 is 0 Å². The molecule has 0 atom stereocenters. The van der Waals surface area contributed by atoms with Crippen molar-refractivity contribution in [2.45, 2.75) is 6.92 Å². The maximum absolute atomic E-state index is 5.45. The van der Waals surface area contributed by atoms with Gasteiger partial charge in [-0.05, 0) is 13.5 Å². The standard InChI is InChI=1S/C24H50NO10/c1-3-25-5-6-27-9-10-29-13-14-31-17-18-33-21-22-35-24-23-34-20-19-32-16-15-30-12-11-28-8-7-26-4-2/h25H,2-24H2,1H3. The summed E-state index contributed by atoms with van der Waals surface area (Å²) in [6, 6.07) is 0. The molecule has 0 aliphatic rings. The quantitative estimate of drug-likeness (QED) is 0.128. The lowest BCUT2D eigenvalue weighted by Crippen LogP contribution is -2.20. The van der Waals surface area contributed by atoms with Gasteiger partial charge in [-0.15, -0.1) is 0 Å². The summed E-state index contributed by atoms with van der Waals surface area (Å²) in [5, 5.41) is 3.20. The molecule has 0 bridgehead atoms. The molecule has 1 radical (unpaired) electrons. The van der Waals surface area contributed by atoms with Gasteiger partial charge in [-0.1, -0.05) is 6.92 Å². The number of ether oxygens (including phenoxy) is 10. The zero-order chi connectivity index (χ0) is 25.3. The molecule has 0 aromatic rings. The van der Waals surface area contributed by atoms with Crippen LogP contribution < -0.4 is 5.32 Å². The van der Waals surface area contributed by atoms with E-state index in [-0.39, 0.29) is 0 Å². The van der Waals surface area contributed by atoms with Crippen LogP contribution in [0, 0.1) is 6.92 Å². The van der Waals surface area contributed by atoms with Crippen LogP contribution in [-0.2, 0) is 47.4 Å². The maximum Gasteiger partial charge on any atom is 0.0701 e.